The molecular formula is C19H16F3N5O. The van der Waals surface area contributed by atoms with E-state index in [1.54, 1.807) is 31.5 Å². The van der Waals surface area contributed by atoms with Gasteiger partial charge < -0.3 is 10.6 Å². The van der Waals surface area contributed by atoms with Crippen molar-refractivity contribution in [3.63, 3.8) is 0 Å². The summed E-state index contributed by atoms with van der Waals surface area (Å²) in [4.78, 5) is 24.5. The number of amides is 1. The fourth-order valence-electron chi connectivity index (χ4n) is 2.41. The number of carbonyl (C=O) groups is 1. The molecule has 0 aliphatic rings. The number of benzene rings is 1. The number of hydrogen-bond donors (Lipinski definition) is 2. The molecule has 0 radical (unpaired) electrons. The zero-order valence-electron chi connectivity index (χ0n) is 14.8. The number of aromatic nitrogens is 3. The van der Waals surface area contributed by atoms with Crippen LogP contribution in [-0.2, 0) is 12.7 Å². The van der Waals surface area contributed by atoms with E-state index in [0.29, 0.717) is 23.9 Å². The predicted octanol–water partition coefficient (Wildman–Crippen LogP) is 3.87. The normalized spacial score (nSPS) is 11.1. The van der Waals surface area contributed by atoms with Crippen molar-refractivity contribution in [2.75, 3.05) is 5.32 Å². The Hall–Kier alpha value is -3.49. The van der Waals surface area contributed by atoms with Gasteiger partial charge in [-0.1, -0.05) is 0 Å². The molecule has 6 nitrogen and oxygen atoms in total. The van der Waals surface area contributed by atoms with E-state index in [0.717, 1.165) is 17.7 Å². The highest BCUT2D eigenvalue weighted by atomic mass is 19.4. The second-order valence-electron chi connectivity index (χ2n) is 5.92. The van der Waals surface area contributed by atoms with Gasteiger partial charge in [-0.2, -0.15) is 13.2 Å². The standard InChI is InChI=1S/C19H16F3N5O/c1-12-25-16(18(28)24-11-13-6-8-23-9-7-13)10-17(26-12)27-15-4-2-14(3-5-15)19(20,21)22/h2-10H,11H2,1H3,(H,24,28)(H,25,26,27). The minimum atomic E-state index is -4.40. The molecule has 0 bridgehead atoms. The number of rotatable bonds is 5. The second-order valence-corrected chi connectivity index (χ2v) is 5.92. The molecule has 144 valence electrons. The molecule has 1 aromatic carbocycles. The molecule has 0 saturated carbocycles. The van der Waals surface area contributed by atoms with Gasteiger partial charge in [-0.05, 0) is 48.9 Å². The molecule has 0 atom stereocenters. The summed E-state index contributed by atoms with van der Waals surface area (Å²) in [6.45, 7) is 1.93. The lowest BCUT2D eigenvalue weighted by Gasteiger charge is -2.11. The first-order valence-corrected chi connectivity index (χ1v) is 8.28. The van der Waals surface area contributed by atoms with Crippen molar-refractivity contribution in [2.24, 2.45) is 0 Å². The molecule has 0 aliphatic heterocycles. The van der Waals surface area contributed by atoms with Crippen LogP contribution in [0.3, 0.4) is 0 Å². The molecule has 28 heavy (non-hydrogen) atoms. The molecule has 2 heterocycles. The Balaban J connectivity index is 1.71. The SMILES string of the molecule is Cc1nc(Nc2ccc(C(F)(F)F)cc2)cc(C(=O)NCc2ccncc2)n1. The van der Waals surface area contributed by atoms with Crippen molar-refractivity contribution >= 4 is 17.4 Å². The van der Waals surface area contributed by atoms with Crippen LogP contribution in [-0.4, -0.2) is 20.9 Å². The first kappa shape index (κ1) is 19.3. The van der Waals surface area contributed by atoms with Crippen LogP contribution in [0.2, 0.25) is 0 Å². The van der Waals surface area contributed by atoms with Gasteiger partial charge in [0.2, 0.25) is 0 Å². The summed E-state index contributed by atoms with van der Waals surface area (Å²) >= 11 is 0. The van der Waals surface area contributed by atoms with Crippen LogP contribution >= 0.6 is 0 Å². The molecule has 2 N–H and O–H groups in total. The van der Waals surface area contributed by atoms with Crippen LogP contribution in [0.15, 0.2) is 54.9 Å². The van der Waals surface area contributed by atoms with Crippen molar-refractivity contribution in [3.8, 4) is 0 Å². The largest absolute Gasteiger partial charge is 0.416 e. The zero-order chi connectivity index (χ0) is 20.1. The van der Waals surface area contributed by atoms with Gasteiger partial charge in [0.05, 0.1) is 5.56 Å². The van der Waals surface area contributed by atoms with E-state index in [-0.39, 0.29) is 5.69 Å². The summed E-state index contributed by atoms with van der Waals surface area (Å²) in [6.07, 6.45) is -1.14. The van der Waals surface area contributed by atoms with Gasteiger partial charge in [0.15, 0.2) is 0 Å². The summed E-state index contributed by atoms with van der Waals surface area (Å²) < 4.78 is 37.9. The maximum atomic E-state index is 12.6. The first-order chi connectivity index (χ1) is 13.3. The Morgan fingerprint density at radius 3 is 2.36 bits per heavy atom. The Morgan fingerprint density at radius 2 is 1.71 bits per heavy atom. The molecule has 3 aromatic rings. The van der Waals surface area contributed by atoms with Crippen LogP contribution in [0, 0.1) is 6.92 Å². The van der Waals surface area contributed by atoms with Crippen molar-refractivity contribution in [3.05, 3.63) is 77.5 Å². The first-order valence-electron chi connectivity index (χ1n) is 8.28. The third-order valence-electron chi connectivity index (χ3n) is 3.76. The van der Waals surface area contributed by atoms with Gasteiger partial charge in [-0.3, -0.25) is 9.78 Å². The van der Waals surface area contributed by atoms with E-state index in [4.69, 9.17) is 0 Å². The monoisotopic (exact) mass is 387 g/mol. The smallest absolute Gasteiger partial charge is 0.347 e. The number of carbonyl (C=O) groups excluding carboxylic acids is 1. The van der Waals surface area contributed by atoms with Crippen LogP contribution in [0.5, 0.6) is 0 Å². The topological polar surface area (TPSA) is 79.8 Å². The van der Waals surface area contributed by atoms with Gasteiger partial charge >= 0.3 is 6.18 Å². The van der Waals surface area contributed by atoms with Crippen LogP contribution in [0.25, 0.3) is 0 Å². The van der Waals surface area contributed by atoms with E-state index < -0.39 is 17.6 Å². The van der Waals surface area contributed by atoms with E-state index >= 15 is 0 Å². The summed E-state index contributed by atoms with van der Waals surface area (Å²) in [5, 5.41) is 5.63. The molecule has 3 rings (SSSR count). The van der Waals surface area contributed by atoms with Crippen LogP contribution in [0.1, 0.15) is 27.4 Å². The van der Waals surface area contributed by atoms with Crippen molar-refractivity contribution < 1.29 is 18.0 Å². The number of nitrogens with one attached hydrogen (secondary N) is 2. The number of aryl methyl sites for hydroxylation is 1. The average molecular weight is 387 g/mol. The third-order valence-corrected chi connectivity index (χ3v) is 3.76. The van der Waals surface area contributed by atoms with Gasteiger partial charge in [-0.15, -0.1) is 0 Å². The lowest BCUT2D eigenvalue weighted by atomic mass is 10.2. The highest BCUT2D eigenvalue weighted by Gasteiger charge is 2.29. The molecule has 0 unspecified atom stereocenters. The van der Waals surface area contributed by atoms with E-state index in [9.17, 15) is 18.0 Å². The molecule has 0 saturated heterocycles. The van der Waals surface area contributed by atoms with Crippen LogP contribution < -0.4 is 10.6 Å². The molecule has 1 amide bonds. The lowest BCUT2D eigenvalue weighted by Crippen LogP contribution is -2.24. The fourth-order valence-corrected chi connectivity index (χ4v) is 2.41. The predicted molar refractivity (Wildman–Crippen MR) is 96.9 cm³/mol. The van der Waals surface area contributed by atoms with Crippen LogP contribution in [0.4, 0.5) is 24.7 Å². The minimum Gasteiger partial charge on any atom is -0.347 e. The fraction of sp³-hybridized carbons (Fsp3) is 0.158. The van der Waals surface area contributed by atoms with Gasteiger partial charge in [0.1, 0.15) is 17.3 Å². The Labute approximate surface area is 158 Å². The van der Waals surface area contributed by atoms with Crippen molar-refractivity contribution in [1.29, 1.82) is 0 Å². The number of hydrogen-bond acceptors (Lipinski definition) is 5. The van der Waals surface area contributed by atoms with Crippen molar-refractivity contribution in [2.45, 2.75) is 19.6 Å². The highest BCUT2D eigenvalue weighted by molar-refractivity contribution is 5.93. The van der Waals surface area contributed by atoms with E-state index in [2.05, 4.69) is 25.6 Å². The minimum absolute atomic E-state index is 0.149. The number of pyridine rings is 1. The molecule has 0 fully saturated rings. The lowest BCUT2D eigenvalue weighted by molar-refractivity contribution is -0.137. The van der Waals surface area contributed by atoms with Gasteiger partial charge in [0, 0.05) is 30.7 Å². The Kier molecular flexibility index (Phi) is 5.53. The van der Waals surface area contributed by atoms with E-state index in [1.807, 2.05) is 0 Å². The van der Waals surface area contributed by atoms with Gasteiger partial charge in [0.25, 0.3) is 5.91 Å². The summed E-state index contributed by atoms with van der Waals surface area (Å²) in [5.74, 6) is 0.269. The quantitative estimate of drug-likeness (QED) is 0.695. The zero-order valence-corrected chi connectivity index (χ0v) is 14.8. The highest BCUT2D eigenvalue weighted by Crippen LogP contribution is 2.30. The summed E-state index contributed by atoms with van der Waals surface area (Å²) in [5.41, 5.74) is 0.704. The number of nitrogens with zero attached hydrogens (tertiary/aromatic N) is 3. The third kappa shape index (κ3) is 5.03. The Bertz CT molecular complexity index is 960. The maximum Gasteiger partial charge on any atom is 0.416 e. The molecule has 0 aliphatic carbocycles. The average Bonchev–Trinajstić information content (AvgIpc) is 2.66. The second kappa shape index (κ2) is 8.03. The maximum absolute atomic E-state index is 12.6. The van der Waals surface area contributed by atoms with E-state index in [1.165, 1.54) is 18.2 Å². The number of alkyl halides is 3. The number of halogens is 3. The van der Waals surface area contributed by atoms with Gasteiger partial charge in [-0.25, -0.2) is 9.97 Å². The Morgan fingerprint density at radius 1 is 1.04 bits per heavy atom. The molecule has 9 heteroatoms. The number of anilines is 2. The summed E-state index contributed by atoms with van der Waals surface area (Å²) in [7, 11) is 0. The summed E-state index contributed by atoms with van der Waals surface area (Å²) in [6, 6.07) is 9.53. The molecule has 2 aromatic heterocycles. The molecule has 0 spiro atoms. The van der Waals surface area contributed by atoms with Crippen molar-refractivity contribution in [1.82, 2.24) is 20.3 Å². The molecular weight excluding hydrogens is 371 g/mol.